The van der Waals surface area contributed by atoms with Crippen LogP contribution in [0.25, 0.3) is 11.1 Å². The second kappa shape index (κ2) is 6.24. The van der Waals surface area contributed by atoms with Gasteiger partial charge in [-0.2, -0.15) is 19.3 Å². The Morgan fingerprint density at radius 1 is 0.957 bits per heavy atom. The fourth-order valence-electron chi connectivity index (χ4n) is 2.05. The van der Waals surface area contributed by atoms with Gasteiger partial charge in [0.2, 0.25) is 0 Å². The topological polar surface area (TPSA) is 77.0 Å². The maximum absolute atomic E-state index is 14.2. The van der Waals surface area contributed by atoms with E-state index in [4.69, 9.17) is 10.5 Å². The maximum atomic E-state index is 14.2. The Balaban J connectivity index is 2.88. The maximum Gasteiger partial charge on any atom is 0.387 e. The first-order chi connectivity index (χ1) is 10.9. The molecule has 0 saturated carbocycles. The van der Waals surface area contributed by atoms with Crippen molar-refractivity contribution in [1.29, 1.82) is 10.5 Å². The Kier molecular flexibility index (Phi) is 4.37. The van der Waals surface area contributed by atoms with Gasteiger partial charge in [-0.25, -0.2) is 8.78 Å². The summed E-state index contributed by atoms with van der Waals surface area (Å²) in [5.41, 5.74) is -1.97. The zero-order chi connectivity index (χ0) is 17.1. The highest BCUT2D eigenvalue weighted by Crippen LogP contribution is 2.39. The molecular formula is C15H6F4N2O2. The van der Waals surface area contributed by atoms with Crippen molar-refractivity contribution in [2.24, 2.45) is 0 Å². The Hall–Kier alpha value is -3.26. The third kappa shape index (κ3) is 3.16. The summed E-state index contributed by atoms with van der Waals surface area (Å²) in [6.07, 6.45) is 0. The highest BCUT2D eigenvalue weighted by molar-refractivity contribution is 5.81. The van der Waals surface area contributed by atoms with Gasteiger partial charge in [-0.05, 0) is 12.1 Å². The zero-order valence-electron chi connectivity index (χ0n) is 11.1. The first-order valence-corrected chi connectivity index (χ1v) is 5.98. The van der Waals surface area contributed by atoms with E-state index in [1.807, 2.05) is 0 Å². The highest BCUT2D eigenvalue weighted by atomic mass is 19.3. The molecule has 0 spiro atoms. The van der Waals surface area contributed by atoms with Gasteiger partial charge < -0.3 is 9.84 Å². The second-order valence-corrected chi connectivity index (χ2v) is 4.28. The molecule has 0 bridgehead atoms. The Morgan fingerprint density at radius 3 is 2.13 bits per heavy atom. The fourth-order valence-corrected chi connectivity index (χ4v) is 2.05. The van der Waals surface area contributed by atoms with Gasteiger partial charge in [0.05, 0.1) is 11.1 Å². The van der Waals surface area contributed by atoms with Crippen molar-refractivity contribution in [3.8, 4) is 34.8 Å². The first-order valence-electron chi connectivity index (χ1n) is 5.98. The van der Waals surface area contributed by atoms with Crippen LogP contribution >= 0.6 is 0 Å². The molecule has 0 aliphatic heterocycles. The Morgan fingerprint density at radius 2 is 1.57 bits per heavy atom. The summed E-state index contributed by atoms with van der Waals surface area (Å²) in [5, 5.41) is 27.4. The van der Waals surface area contributed by atoms with E-state index < -0.39 is 52.0 Å². The van der Waals surface area contributed by atoms with E-state index in [0.29, 0.717) is 18.2 Å². The summed E-state index contributed by atoms with van der Waals surface area (Å²) >= 11 is 0. The third-order valence-corrected chi connectivity index (χ3v) is 2.85. The Bertz CT molecular complexity index is 854. The quantitative estimate of drug-likeness (QED) is 0.875. The SMILES string of the molecule is N#Cc1cc(O)cc(F)c1-c1c(C#N)cc(F)cc1OC(F)F. The summed E-state index contributed by atoms with van der Waals surface area (Å²) in [7, 11) is 0. The molecule has 23 heavy (non-hydrogen) atoms. The van der Waals surface area contributed by atoms with Crippen LogP contribution in [0.15, 0.2) is 24.3 Å². The predicted molar refractivity (Wildman–Crippen MR) is 69.5 cm³/mol. The number of hydrogen-bond acceptors (Lipinski definition) is 4. The number of hydrogen-bond donors (Lipinski definition) is 1. The van der Waals surface area contributed by atoms with Crippen molar-refractivity contribution in [2.45, 2.75) is 6.61 Å². The van der Waals surface area contributed by atoms with E-state index in [-0.39, 0.29) is 0 Å². The van der Waals surface area contributed by atoms with Crippen LogP contribution < -0.4 is 4.74 Å². The molecule has 0 heterocycles. The number of nitriles is 2. The van der Waals surface area contributed by atoms with Gasteiger partial charge >= 0.3 is 6.61 Å². The minimum atomic E-state index is -3.35. The predicted octanol–water partition coefficient (Wildman–Crippen LogP) is 3.68. The van der Waals surface area contributed by atoms with Crippen LogP contribution in [0.4, 0.5) is 17.6 Å². The Labute approximate surface area is 127 Å². The molecular weight excluding hydrogens is 316 g/mol. The number of benzene rings is 2. The van der Waals surface area contributed by atoms with Crippen LogP contribution in [0.2, 0.25) is 0 Å². The third-order valence-electron chi connectivity index (χ3n) is 2.85. The van der Waals surface area contributed by atoms with Crippen LogP contribution in [-0.4, -0.2) is 11.7 Å². The van der Waals surface area contributed by atoms with Crippen molar-refractivity contribution in [2.75, 3.05) is 0 Å². The van der Waals surface area contributed by atoms with Gasteiger partial charge in [0.15, 0.2) is 0 Å². The molecule has 0 aliphatic carbocycles. The molecule has 2 aromatic rings. The smallest absolute Gasteiger partial charge is 0.387 e. The van der Waals surface area contributed by atoms with Gasteiger partial charge in [-0.1, -0.05) is 0 Å². The number of phenols is 1. The number of phenolic OH excluding ortho intramolecular Hbond substituents is 1. The van der Waals surface area contributed by atoms with E-state index in [1.165, 1.54) is 6.07 Å². The molecule has 0 radical (unpaired) electrons. The molecule has 1 N–H and O–H groups in total. The monoisotopic (exact) mass is 322 g/mol. The second-order valence-electron chi connectivity index (χ2n) is 4.28. The van der Waals surface area contributed by atoms with E-state index >= 15 is 0 Å². The molecule has 116 valence electrons. The average Bonchev–Trinajstić information content (AvgIpc) is 2.46. The van der Waals surface area contributed by atoms with Crippen LogP contribution in [0, 0.1) is 34.3 Å². The van der Waals surface area contributed by atoms with E-state index in [0.717, 1.165) is 6.07 Å². The molecule has 0 aromatic heterocycles. The van der Waals surface area contributed by atoms with Gasteiger partial charge in [-0.3, -0.25) is 0 Å². The van der Waals surface area contributed by atoms with E-state index in [1.54, 1.807) is 6.07 Å². The van der Waals surface area contributed by atoms with Crippen molar-refractivity contribution in [1.82, 2.24) is 0 Å². The highest BCUT2D eigenvalue weighted by Gasteiger charge is 2.23. The lowest BCUT2D eigenvalue weighted by atomic mass is 9.94. The van der Waals surface area contributed by atoms with Crippen molar-refractivity contribution >= 4 is 0 Å². The number of alkyl halides is 2. The molecule has 0 saturated heterocycles. The zero-order valence-corrected chi connectivity index (χ0v) is 11.1. The lowest BCUT2D eigenvalue weighted by Gasteiger charge is -2.14. The van der Waals surface area contributed by atoms with Crippen molar-refractivity contribution in [3.63, 3.8) is 0 Å². The molecule has 0 atom stereocenters. The van der Waals surface area contributed by atoms with Gasteiger partial charge in [0.25, 0.3) is 0 Å². The molecule has 8 heteroatoms. The first kappa shape index (κ1) is 16.1. The van der Waals surface area contributed by atoms with Crippen LogP contribution in [0.5, 0.6) is 11.5 Å². The molecule has 4 nitrogen and oxygen atoms in total. The van der Waals surface area contributed by atoms with E-state index in [9.17, 15) is 22.7 Å². The summed E-state index contributed by atoms with van der Waals surface area (Å²) in [5.74, 6) is -3.56. The molecule has 0 fully saturated rings. The van der Waals surface area contributed by atoms with Gasteiger partial charge in [0.1, 0.15) is 35.3 Å². The average molecular weight is 322 g/mol. The molecule has 0 amide bonds. The molecule has 0 aliphatic rings. The van der Waals surface area contributed by atoms with Gasteiger partial charge in [0, 0.05) is 23.3 Å². The van der Waals surface area contributed by atoms with Gasteiger partial charge in [-0.15, -0.1) is 0 Å². The normalized spacial score (nSPS) is 10.2. The van der Waals surface area contributed by atoms with Crippen LogP contribution in [0.3, 0.4) is 0 Å². The number of rotatable bonds is 3. The van der Waals surface area contributed by atoms with Crippen molar-refractivity contribution in [3.05, 3.63) is 47.0 Å². The minimum Gasteiger partial charge on any atom is -0.508 e. The summed E-state index contributed by atoms with van der Waals surface area (Å²) in [6.45, 7) is -3.35. The minimum absolute atomic E-state index is 0.426. The lowest BCUT2D eigenvalue weighted by molar-refractivity contribution is -0.0496. The fraction of sp³-hybridized carbons (Fsp3) is 0.0667. The summed E-state index contributed by atoms with van der Waals surface area (Å²) < 4.78 is 56.7. The van der Waals surface area contributed by atoms with E-state index in [2.05, 4.69) is 4.74 Å². The number of aromatic hydroxyl groups is 1. The molecule has 0 unspecified atom stereocenters. The number of ether oxygens (including phenoxy) is 1. The van der Waals surface area contributed by atoms with Crippen LogP contribution in [0.1, 0.15) is 11.1 Å². The molecule has 2 aromatic carbocycles. The number of nitrogens with zero attached hydrogens (tertiary/aromatic N) is 2. The molecule has 2 rings (SSSR count). The number of halogens is 4. The lowest BCUT2D eigenvalue weighted by Crippen LogP contribution is -2.06. The largest absolute Gasteiger partial charge is 0.508 e. The summed E-state index contributed by atoms with van der Waals surface area (Å²) in [4.78, 5) is 0. The summed E-state index contributed by atoms with van der Waals surface area (Å²) in [6, 6.07) is 5.88. The van der Waals surface area contributed by atoms with Crippen LogP contribution in [-0.2, 0) is 0 Å². The standard InChI is InChI=1S/C15H6F4N2O2/c16-9-1-7(5-20)14(12(3-9)23-15(18)19)13-8(6-21)2-10(22)4-11(13)17/h1-4,15,22H. The van der Waals surface area contributed by atoms with Crippen molar-refractivity contribution < 1.29 is 27.4 Å².